The molecule has 1 aliphatic heterocycles. The molecule has 0 saturated carbocycles. The van der Waals surface area contributed by atoms with Crippen molar-refractivity contribution in [1.29, 1.82) is 0 Å². The highest BCUT2D eigenvalue weighted by Gasteiger charge is 2.26. The van der Waals surface area contributed by atoms with E-state index < -0.39 is 0 Å². The predicted octanol–water partition coefficient (Wildman–Crippen LogP) is 2.66. The summed E-state index contributed by atoms with van der Waals surface area (Å²) in [6, 6.07) is 9.87. The second kappa shape index (κ2) is 9.27. The monoisotopic (exact) mass is 398 g/mol. The van der Waals surface area contributed by atoms with Crippen LogP contribution in [0.1, 0.15) is 34.8 Å². The van der Waals surface area contributed by atoms with Crippen molar-refractivity contribution in [2.75, 3.05) is 38.0 Å². The fraction of sp³-hybridized carbons (Fsp3) is 0.381. The molecule has 1 fully saturated rings. The van der Waals surface area contributed by atoms with Gasteiger partial charge in [-0.25, -0.2) is 4.79 Å². The molecule has 3 rings (SSSR count). The molecule has 1 aromatic heterocycles. The largest absolute Gasteiger partial charge is 0.459 e. The van der Waals surface area contributed by atoms with Gasteiger partial charge >= 0.3 is 6.03 Å². The third kappa shape index (κ3) is 5.37. The normalized spacial score (nSPS) is 14.0. The lowest BCUT2D eigenvalue weighted by atomic mass is 10.1. The molecule has 2 heterocycles. The molecule has 1 aliphatic rings. The van der Waals surface area contributed by atoms with Crippen LogP contribution in [0.2, 0.25) is 0 Å². The molecule has 2 N–H and O–H groups in total. The van der Waals surface area contributed by atoms with Gasteiger partial charge in [-0.3, -0.25) is 9.59 Å². The van der Waals surface area contributed by atoms with E-state index in [1.807, 2.05) is 13.8 Å². The van der Waals surface area contributed by atoms with Crippen molar-refractivity contribution in [3.8, 4) is 0 Å². The van der Waals surface area contributed by atoms with Gasteiger partial charge in [0.15, 0.2) is 5.76 Å². The number of furan rings is 1. The summed E-state index contributed by atoms with van der Waals surface area (Å²) in [5.41, 5.74) is 1.17. The molecule has 2 aromatic rings. The van der Waals surface area contributed by atoms with Gasteiger partial charge in [-0.05, 0) is 42.3 Å². The van der Waals surface area contributed by atoms with Crippen LogP contribution in [0, 0.1) is 5.92 Å². The van der Waals surface area contributed by atoms with E-state index in [2.05, 4.69) is 10.6 Å². The van der Waals surface area contributed by atoms with Crippen molar-refractivity contribution in [1.82, 2.24) is 15.1 Å². The molecule has 4 amide bonds. The quantitative estimate of drug-likeness (QED) is 0.810. The molecular formula is C21H26N4O4. The predicted molar refractivity (Wildman–Crippen MR) is 109 cm³/mol. The number of carbonyl (C=O) groups excluding carboxylic acids is 3. The highest BCUT2D eigenvalue weighted by Crippen LogP contribution is 2.13. The summed E-state index contributed by atoms with van der Waals surface area (Å²) in [6.07, 6.45) is 1.47. The third-order valence-corrected chi connectivity index (χ3v) is 4.66. The Hall–Kier alpha value is -3.29. The van der Waals surface area contributed by atoms with Crippen LogP contribution in [0.3, 0.4) is 0 Å². The van der Waals surface area contributed by atoms with E-state index in [0.29, 0.717) is 55.7 Å². The van der Waals surface area contributed by atoms with Crippen LogP contribution < -0.4 is 10.6 Å². The second-order valence-electron chi connectivity index (χ2n) is 7.37. The lowest BCUT2D eigenvalue weighted by Crippen LogP contribution is -2.51. The minimum Gasteiger partial charge on any atom is -0.459 e. The summed E-state index contributed by atoms with van der Waals surface area (Å²) in [6.45, 7) is 6.45. The Morgan fingerprint density at radius 3 is 2.24 bits per heavy atom. The van der Waals surface area contributed by atoms with Crippen molar-refractivity contribution in [3.05, 3.63) is 54.0 Å². The fourth-order valence-electron chi connectivity index (χ4n) is 2.98. The van der Waals surface area contributed by atoms with Crippen LogP contribution in [-0.4, -0.2) is 60.4 Å². The van der Waals surface area contributed by atoms with Gasteiger partial charge < -0.3 is 24.9 Å². The maximum Gasteiger partial charge on any atom is 0.321 e. The van der Waals surface area contributed by atoms with E-state index in [1.54, 1.807) is 46.2 Å². The van der Waals surface area contributed by atoms with Crippen molar-refractivity contribution in [3.63, 3.8) is 0 Å². The molecule has 1 saturated heterocycles. The number of carbonyl (C=O) groups is 3. The summed E-state index contributed by atoms with van der Waals surface area (Å²) < 4.78 is 5.14. The van der Waals surface area contributed by atoms with Gasteiger partial charge in [-0.15, -0.1) is 0 Å². The average Bonchev–Trinajstić information content (AvgIpc) is 3.27. The Kier molecular flexibility index (Phi) is 6.54. The number of urea groups is 1. The zero-order valence-corrected chi connectivity index (χ0v) is 16.7. The lowest BCUT2D eigenvalue weighted by molar-refractivity contribution is 0.0640. The van der Waals surface area contributed by atoms with Gasteiger partial charge in [-0.2, -0.15) is 0 Å². The molecule has 154 valence electrons. The SMILES string of the molecule is CC(C)CNC(=O)c1ccc(NC(=O)N2CCN(C(=O)c3ccco3)CC2)cc1. The number of amides is 4. The van der Waals surface area contributed by atoms with Gasteiger partial charge in [0.25, 0.3) is 11.8 Å². The van der Waals surface area contributed by atoms with Crippen LogP contribution >= 0.6 is 0 Å². The lowest BCUT2D eigenvalue weighted by Gasteiger charge is -2.34. The number of hydrogen-bond donors (Lipinski definition) is 2. The first kappa shape index (κ1) is 20.4. The van der Waals surface area contributed by atoms with Crippen LogP contribution in [0.4, 0.5) is 10.5 Å². The number of nitrogens with one attached hydrogen (secondary N) is 2. The molecule has 1 aromatic carbocycles. The summed E-state index contributed by atoms with van der Waals surface area (Å²) in [7, 11) is 0. The van der Waals surface area contributed by atoms with E-state index in [-0.39, 0.29) is 17.8 Å². The average molecular weight is 398 g/mol. The summed E-state index contributed by atoms with van der Waals surface area (Å²) in [4.78, 5) is 40.2. The molecule has 0 radical (unpaired) electrons. The van der Waals surface area contributed by atoms with Crippen LogP contribution in [0.25, 0.3) is 0 Å². The van der Waals surface area contributed by atoms with Crippen molar-refractivity contribution < 1.29 is 18.8 Å². The summed E-state index contributed by atoms with van der Waals surface area (Å²) in [5, 5.41) is 5.69. The first-order valence-corrected chi connectivity index (χ1v) is 9.71. The maximum atomic E-state index is 12.5. The minimum atomic E-state index is -0.230. The van der Waals surface area contributed by atoms with Crippen LogP contribution in [0.5, 0.6) is 0 Å². The Morgan fingerprint density at radius 2 is 1.66 bits per heavy atom. The number of rotatable bonds is 5. The van der Waals surface area contributed by atoms with Gasteiger partial charge in [0.1, 0.15) is 0 Å². The molecule has 8 nitrogen and oxygen atoms in total. The number of nitrogens with zero attached hydrogens (tertiary/aromatic N) is 2. The van der Waals surface area contributed by atoms with E-state index in [0.717, 1.165) is 0 Å². The molecule has 0 atom stereocenters. The second-order valence-corrected chi connectivity index (χ2v) is 7.37. The standard InChI is InChI=1S/C21H26N4O4/c1-15(2)14-22-19(26)16-5-7-17(8-6-16)23-21(28)25-11-9-24(10-12-25)20(27)18-4-3-13-29-18/h3-8,13,15H,9-12,14H2,1-2H3,(H,22,26)(H,23,28). The Morgan fingerprint density at radius 1 is 1.00 bits per heavy atom. The smallest absolute Gasteiger partial charge is 0.321 e. The zero-order valence-electron chi connectivity index (χ0n) is 16.7. The van der Waals surface area contributed by atoms with Crippen molar-refractivity contribution in [2.45, 2.75) is 13.8 Å². The Balaban J connectivity index is 1.48. The van der Waals surface area contributed by atoms with Gasteiger partial charge in [0.05, 0.1) is 6.26 Å². The fourth-order valence-corrected chi connectivity index (χ4v) is 2.98. The zero-order chi connectivity index (χ0) is 20.8. The highest BCUT2D eigenvalue weighted by atomic mass is 16.3. The third-order valence-electron chi connectivity index (χ3n) is 4.66. The first-order valence-electron chi connectivity index (χ1n) is 9.71. The molecule has 0 spiro atoms. The van der Waals surface area contributed by atoms with Crippen molar-refractivity contribution >= 4 is 23.5 Å². The van der Waals surface area contributed by atoms with Crippen LogP contribution in [-0.2, 0) is 0 Å². The number of piperazine rings is 1. The Bertz CT molecular complexity index is 838. The number of benzene rings is 1. The van der Waals surface area contributed by atoms with E-state index in [4.69, 9.17) is 4.42 Å². The molecular weight excluding hydrogens is 372 g/mol. The molecule has 0 aliphatic carbocycles. The molecule has 8 heteroatoms. The first-order chi connectivity index (χ1) is 13.9. The van der Waals surface area contributed by atoms with E-state index >= 15 is 0 Å². The highest BCUT2D eigenvalue weighted by molar-refractivity contribution is 5.95. The number of hydrogen-bond acceptors (Lipinski definition) is 4. The number of anilines is 1. The van der Waals surface area contributed by atoms with E-state index in [1.165, 1.54) is 6.26 Å². The Labute approximate surface area is 169 Å². The molecule has 0 bridgehead atoms. The van der Waals surface area contributed by atoms with Gasteiger partial charge in [-0.1, -0.05) is 13.8 Å². The topological polar surface area (TPSA) is 94.9 Å². The maximum absolute atomic E-state index is 12.5. The summed E-state index contributed by atoms with van der Waals surface area (Å²) in [5.74, 6) is 0.392. The molecule has 0 unspecified atom stereocenters. The summed E-state index contributed by atoms with van der Waals surface area (Å²) >= 11 is 0. The molecule has 29 heavy (non-hydrogen) atoms. The van der Waals surface area contributed by atoms with Gasteiger partial charge in [0.2, 0.25) is 0 Å². The van der Waals surface area contributed by atoms with Crippen LogP contribution in [0.15, 0.2) is 47.1 Å². The van der Waals surface area contributed by atoms with Gasteiger partial charge in [0, 0.05) is 44.0 Å². The van der Waals surface area contributed by atoms with E-state index in [9.17, 15) is 14.4 Å². The minimum absolute atomic E-state index is 0.131. The van der Waals surface area contributed by atoms with Crippen molar-refractivity contribution in [2.24, 2.45) is 5.92 Å².